The van der Waals surface area contributed by atoms with Crippen LogP contribution >= 0.6 is 0 Å². The third-order valence-corrected chi connectivity index (χ3v) is 3.91. The average Bonchev–Trinajstić information content (AvgIpc) is 2.49. The number of nitrogens with zero attached hydrogens (tertiary/aromatic N) is 1. The van der Waals surface area contributed by atoms with Gasteiger partial charge in [-0.15, -0.1) is 0 Å². The van der Waals surface area contributed by atoms with Gasteiger partial charge in [0.25, 0.3) is 0 Å². The van der Waals surface area contributed by atoms with Crippen molar-refractivity contribution in [2.45, 2.75) is 53.5 Å². The first-order valence-corrected chi connectivity index (χ1v) is 8.67. The fraction of sp³-hybridized carbons (Fsp3) is 0.684. The molecule has 0 spiro atoms. The number of benzene rings is 1. The molecule has 2 heteroatoms. The molecule has 2 nitrogen and oxygen atoms in total. The van der Waals surface area contributed by atoms with E-state index in [0.717, 1.165) is 38.5 Å². The van der Waals surface area contributed by atoms with Crippen LogP contribution < -0.4 is 5.32 Å². The van der Waals surface area contributed by atoms with Gasteiger partial charge in [0.2, 0.25) is 0 Å². The second-order valence-corrected chi connectivity index (χ2v) is 6.34. The summed E-state index contributed by atoms with van der Waals surface area (Å²) in [7, 11) is 0. The van der Waals surface area contributed by atoms with E-state index in [-0.39, 0.29) is 0 Å². The Morgan fingerprint density at radius 1 is 1.10 bits per heavy atom. The normalized spacial score (nSPS) is 11.5. The van der Waals surface area contributed by atoms with Crippen LogP contribution in [0.2, 0.25) is 0 Å². The molecule has 0 aliphatic carbocycles. The van der Waals surface area contributed by atoms with Crippen molar-refractivity contribution in [3.8, 4) is 0 Å². The Labute approximate surface area is 131 Å². The van der Waals surface area contributed by atoms with Gasteiger partial charge >= 0.3 is 0 Å². The molecule has 1 N–H and O–H groups in total. The summed E-state index contributed by atoms with van der Waals surface area (Å²) in [5.74, 6) is 0.727. The van der Waals surface area contributed by atoms with Gasteiger partial charge in [0.15, 0.2) is 0 Å². The summed E-state index contributed by atoms with van der Waals surface area (Å²) in [5.41, 5.74) is 3.01. The zero-order chi connectivity index (χ0) is 15.5. The van der Waals surface area contributed by atoms with E-state index in [1.165, 1.54) is 30.5 Å². The van der Waals surface area contributed by atoms with Crippen LogP contribution in [0.5, 0.6) is 0 Å². The van der Waals surface area contributed by atoms with E-state index in [4.69, 9.17) is 0 Å². The summed E-state index contributed by atoms with van der Waals surface area (Å²) in [6.45, 7) is 14.7. The fourth-order valence-electron chi connectivity index (χ4n) is 2.54. The minimum Gasteiger partial charge on any atom is -0.316 e. The van der Waals surface area contributed by atoms with Crippen LogP contribution in [0, 0.1) is 5.92 Å². The topological polar surface area (TPSA) is 15.3 Å². The molecule has 21 heavy (non-hydrogen) atoms. The van der Waals surface area contributed by atoms with Crippen LogP contribution in [-0.2, 0) is 13.0 Å². The highest BCUT2D eigenvalue weighted by molar-refractivity contribution is 5.27. The highest BCUT2D eigenvalue weighted by atomic mass is 15.1. The highest BCUT2D eigenvalue weighted by Crippen LogP contribution is 2.13. The minimum absolute atomic E-state index is 0.727. The molecule has 1 aromatic rings. The lowest BCUT2D eigenvalue weighted by molar-refractivity contribution is 0.274. The average molecular weight is 290 g/mol. The maximum atomic E-state index is 3.55. The Morgan fingerprint density at radius 2 is 1.81 bits per heavy atom. The molecule has 0 heterocycles. The molecule has 120 valence electrons. The Morgan fingerprint density at radius 3 is 2.43 bits per heavy atom. The quantitative estimate of drug-likeness (QED) is 0.617. The van der Waals surface area contributed by atoms with Crippen LogP contribution in [0.3, 0.4) is 0 Å². The summed E-state index contributed by atoms with van der Waals surface area (Å²) in [6.07, 6.45) is 3.71. The van der Waals surface area contributed by atoms with Gasteiger partial charge in [-0.2, -0.15) is 0 Å². The van der Waals surface area contributed by atoms with Crippen molar-refractivity contribution >= 4 is 0 Å². The van der Waals surface area contributed by atoms with Crippen molar-refractivity contribution in [2.75, 3.05) is 26.2 Å². The standard InChI is InChI=1S/C19H34N2/c1-5-7-14-21(6-2)16-19-11-9-8-10-18(19)12-13-20-15-17(3)4/h8-11,17,20H,5-7,12-16H2,1-4H3. The third kappa shape index (κ3) is 7.63. The molecular weight excluding hydrogens is 256 g/mol. The molecule has 1 rings (SSSR count). The van der Waals surface area contributed by atoms with Gasteiger partial charge in [-0.3, -0.25) is 4.90 Å². The summed E-state index contributed by atoms with van der Waals surface area (Å²) in [5, 5.41) is 3.55. The Hall–Kier alpha value is -0.860. The lowest BCUT2D eigenvalue weighted by Crippen LogP contribution is -2.25. The second-order valence-electron chi connectivity index (χ2n) is 6.34. The minimum atomic E-state index is 0.727. The Bertz CT molecular complexity index is 374. The molecule has 0 bridgehead atoms. The number of nitrogens with one attached hydrogen (secondary N) is 1. The molecule has 0 saturated carbocycles. The van der Waals surface area contributed by atoms with Crippen molar-refractivity contribution in [1.82, 2.24) is 10.2 Å². The second kappa shape index (κ2) is 10.8. The van der Waals surface area contributed by atoms with Gasteiger partial charge in [0.1, 0.15) is 0 Å². The van der Waals surface area contributed by atoms with E-state index in [0.29, 0.717) is 0 Å². The van der Waals surface area contributed by atoms with Gasteiger partial charge in [-0.25, -0.2) is 0 Å². The first-order valence-electron chi connectivity index (χ1n) is 8.67. The molecule has 1 aromatic carbocycles. The Balaban J connectivity index is 2.53. The predicted octanol–water partition coefficient (Wildman–Crippen LogP) is 4.10. The van der Waals surface area contributed by atoms with Crippen LogP contribution in [0.4, 0.5) is 0 Å². The summed E-state index contributed by atoms with van der Waals surface area (Å²) < 4.78 is 0. The van der Waals surface area contributed by atoms with Crippen molar-refractivity contribution in [3.63, 3.8) is 0 Å². The van der Waals surface area contributed by atoms with E-state index in [1.54, 1.807) is 0 Å². The van der Waals surface area contributed by atoms with Crippen LogP contribution in [-0.4, -0.2) is 31.1 Å². The summed E-state index contributed by atoms with van der Waals surface area (Å²) in [4.78, 5) is 2.56. The molecule has 0 fully saturated rings. The summed E-state index contributed by atoms with van der Waals surface area (Å²) in [6, 6.07) is 8.93. The van der Waals surface area contributed by atoms with E-state index in [1.807, 2.05) is 0 Å². The molecule has 0 aromatic heterocycles. The molecule has 0 amide bonds. The van der Waals surface area contributed by atoms with Crippen molar-refractivity contribution in [3.05, 3.63) is 35.4 Å². The van der Waals surface area contributed by atoms with E-state index in [2.05, 4.69) is 62.2 Å². The van der Waals surface area contributed by atoms with Crippen molar-refractivity contribution in [2.24, 2.45) is 5.92 Å². The summed E-state index contributed by atoms with van der Waals surface area (Å²) >= 11 is 0. The number of unbranched alkanes of at least 4 members (excludes halogenated alkanes) is 1. The SMILES string of the molecule is CCCCN(CC)Cc1ccccc1CCNCC(C)C. The first kappa shape index (κ1) is 18.2. The number of rotatable bonds is 11. The van der Waals surface area contributed by atoms with E-state index < -0.39 is 0 Å². The van der Waals surface area contributed by atoms with Gasteiger partial charge in [-0.1, -0.05) is 58.4 Å². The molecular formula is C19H34N2. The van der Waals surface area contributed by atoms with Crippen molar-refractivity contribution in [1.29, 1.82) is 0 Å². The zero-order valence-electron chi connectivity index (χ0n) is 14.5. The van der Waals surface area contributed by atoms with Gasteiger partial charge in [-0.05, 0) is 56.1 Å². The fourth-order valence-corrected chi connectivity index (χ4v) is 2.54. The maximum Gasteiger partial charge on any atom is 0.0236 e. The predicted molar refractivity (Wildman–Crippen MR) is 93.7 cm³/mol. The van der Waals surface area contributed by atoms with Gasteiger partial charge < -0.3 is 5.32 Å². The lowest BCUT2D eigenvalue weighted by Gasteiger charge is -2.22. The monoisotopic (exact) mass is 290 g/mol. The largest absolute Gasteiger partial charge is 0.316 e. The molecule has 0 radical (unpaired) electrons. The third-order valence-electron chi connectivity index (χ3n) is 3.91. The number of hydrogen-bond donors (Lipinski definition) is 1. The van der Waals surface area contributed by atoms with Crippen molar-refractivity contribution < 1.29 is 0 Å². The highest BCUT2D eigenvalue weighted by Gasteiger charge is 2.07. The number of hydrogen-bond acceptors (Lipinski definition) is 2. The van der Waals surface area contributed by atoms with E-state index in [9.17, 15) is 0 Å². The van der Waals surface area contributed by atoms with Crippen LogP contribution in [0.15, 0.2) is 24.3 Å². The molecule has 0 aliphatic rings. The molecule has 0 atom stereocenters. The van der Waals surface area contributed by atoms with Crippen LogP contribution in [0.1, 0.15) is 51.7 Å². The lowest BCUT2D eigenvalue weighted by atomic mass is 10.0. The maximum absolute atomic E-state index is 3.55. The first-order chi connectivity index (χ1) is 10.2. The molecule has 0 unspecified atom stereocenters. The zero-order valence-corrected chi connectivity index (χ0v) is 14.5. The smallest absolute Gasteiger partial charge is 0.0236 e. The van der Waals surface area contributed by atoms with E-state index >= 15 is 0 Å². The molecule has 0 aliphatic heterocycles. The molecule has 0 saturated heterocycles. The Kier molecular flexibility index (Phi) is 9.36. The van der Waals surface area contributed by atoms with Gasteiger partial charge in [0, 0.05) is 6.54 Å². The van der Waals surface area contributed by atoms with Crippen LogP contribution in [0.25, 0.3) is 0 Å². The van der Waals surface area contributed by atoms with Gasteiger partial charge in [0.05, 0.1) is 0 Å².